The lowest BCUT2D eigenvalue weighted by molar-refractivity contribution is -0.121. The zero-order chi connectivity index (χ0) is 18.5. The van der Waals surface area contributed by atoms with Crippen molar-refractivity contribution in [3.8, 4) is 5.69 Å². The number of aryl methyl sites for hydroxylation is 1. The second kappa shape index (κ2) is 7.86. The van der Waals surface area contributed by atoms with Gasteiger partial charge in [-0.1, -0.05) is 24.3 Å². The molecule has 4 aromatic rings. The summed E-state index contributed by atoms with van der Waals surface area (Å²) in [6.45, 7) is 0.589. The van der Waals surface area contributed by atoms with Crippen molar-refractivity contribution in [1.29, 1.82) is 0 Å². The van der Waals surface area contributed by atoms with Gasteiger partial charge in [0.25, 0.3) is 0 Å². The number of carbonyl (C=O) groups is 1. The number of aromatic nitrogens is 4. The normalized spacial score (nSPS) is 11.0. The Bertz CT molecular complexity index is 1000. The summed E-state index contributed by atoms with van der Waals surface area (Å²) < 4.78 is 3.82. The van der Waals surface area contributed by atoms with E-state index in [9.17, 15) is 4.79 Å². The van der Waals surface area contributed by atoms with Crippen LogP contribution in [0.3, 0.4) is 0 Å². The van der Waals surface area contributed by atoms with Gasteiger partial charge in [0.1, 0.15) is 5.65 Å². The molecule has 1 amide bonds. The number of pyridine rings is 1. The van der Waals surface area contributed by atoms with E-state index in [4.69, 9.17) is 0 Å². The third-order valence-electron chi connectivity index (χ3n) is 4.41. The summed E-state index contributed by atoms with van der Waals surface area (Å²) in [6.07, 6.45) is 9.60. The van der Waals surface area contributed by atoms with Gasteiger partial charge in [-0.15, -0.1) is 0 Å². The van der Waals surface area contributed by atoms with Gasteiger partial charge in [0.2, 0.25) is 5.91 Å². The predicted octanol–water partition coefficient (Wildman–Crippen LogP) is 2.81. The highest BCUT2D eigenvalue weighted by molar-refractivity contribution is 5.76. The maximum Gasteiger partial charge on any atom is 0.220 e. The van der Waals surface area contributed by atoms with Crippen LogP contribution < -0.4 is 5.32 Å². The predicted molar refractivity (Wildman–Crippen MR) is 104 cm³/mol. The SMILES string of the molecule is O=C(CCc1cnn(-c2ccccc2)c1)NCCc1cn2ccccc2n1. The number of fused-ring (bicyclic) bond motifs is 1. The van der Waals surface area contributed by atoms with Gasteiger partial charge in [-0.05, 0) is 36.2 Å². The minimum absolute atomic E-state index is 0.0474. The lowest BCUT2D eigenvalue weighted by Gasteiger charge is -2.03. The van der Waals surface area contributed by atoms with Crippen molar-refractivity contribution < 1.29 is 4.79 Å². The van der Waals surface area contributed by atoms with E-state index in [-0.39, 0.29) is 5.91 Å². The average Bonchev–Trinajstić information content (AvgIpc) is 3.34. The Hall–Kier alpha value is -3.41. The maximum atomic E-state index is 12.1. The van der Waals surface area contributed by atoms with E-state index in [1.165, 1.54) is 0 Å². The molecule has 0 aliphatic heterocycles. The zero-order valence-corrected chi connectivity index (χ0v) is 15.0. The molecule has 3 aromatic heterocycles. The summed E-state index contributed by atoms with van der Waals surface area (Å²) in [5.74, 6) is 0.0474. The molecule has 0 aliphatic carbocycles. The van der Waals surface area contributed by atoms with Crippen molar-refractivity contribution in [2.75, 3.05) is 6.54 Å². The summed E-state index contributed by atoms with van der Waals surface area (Å²) in [5.41, 5.74) is 3.97. The van der Waals surface area contributed by atoms with Crippen LogP contribution in [0, 0.1) is 0 Å². The number of rotatable bonds is 7. The van der Waals surface area contributed by atoms with Gasteiger partial charge in [0, 0.05) is 38.0 Å². The third-order valence-corrected chi connectivity index (χ3v) is 4.41. The number of nitrogens with one attached hydrogen (secondary N) is 1. The lowest BCUT2D eigenvalue weighted by atomic mass is 10.2. The average molecular weight is 359 g/mol. The van der Waals surface area contributed by atoms with Gasteiger partial charge < -0.3 is 9.72 Å². The van der Waals surface area contributed by atoms with Crippen LogP contribution in [0.25, 0.3) is 11.3 Å². The largest absolute Gasteiger partial charge is 0.356 e. The number of nitrogens with zero attached hydrogens (tertiary/aromatic N) is 4. The van der Waals surface area contributed by atoms with Crippen molar-refractivity contribution >= 4 is 11.6 Å². The summed E-state index contributed by atoms with van der Waals surface area (Å²) in [6, 6.07) is 15.8. The molecule has 6 nitrogen and oxygen atoms in total. The van der Waals surface area contributed by atoms with E-state index < -0.39 is 0 Å². The van der Waals surface area contributed by atoms with Crippen molar-refractivity contribution in [3.05, 3.63) is 84.6 Å². The molecule has 0 saturated carbocycles. The van der Waals surface area contributed by atoms with Crippen LogP contribution in [0.1, 0.15) is 17.7 Å². The molecule has 27 heavy (non-hydrogen) atoms. The highest BCUT2D eigenvalue weighted by atomic mass is 16.1. The fourth-order valence-corrected chi connectivity index (χ4v) is 3.00. The fraction of sp³-hybridized carbons (Fsp3) is 0.190. The van der Waals surface area contributed by atoms with Gasteiger partial charge in [0.15, 0.2) is 0 Å². The highest BCUT2D eigenvalue weighted by Crippen LogP contribution is 2.09. The number of amides is 1. The number of para-hydroxylation sites is 1. The Morgan fingerprint density at radius 1 is 1.00 bits per heavy atom. The van der Waals surface area contributed by atoms with Gasteiger partial charge in [0.05, 0.1) is 17.6 Å². The summed E-state index contributed by atoms with van der Waals surface area (Å²) in [5, 5.41) is 7.33. The Kier molecular flexibility index (Phi) is 4.96. The van der Waals surface area contributed by atoms with Crippen LogP contribution in [0.4, 0.5) is 0 Å². The molecule has 0 atom stereocenters. The second-order valence-corrected chi connectivity index (χ2v) is 6.43. The van der Waals surface area contributed by atoms with Crippen molar-refractivity contribution in [2.45, 2.75) is 19.3 Å². The topological polar surface area (TPSA) is 64.2 Å². The monoisotopic (exact) mass is 359 g/mol. The summed E-state index contributed by atoms with van der Waals surface area (Å²) in [7, 11) is 0. The van der Waals surface area contributed by atoms with Crippen LogP contribution >= 0.6 is 0 Å². The molecule has 0 bridgehead atoms. The molecule has 6 heteroatoms. The Morgan fingerprint density at radius 2 is 1.85 bits per heavy atom. The van der Waals surface area contributed by atoms with Crippen molar-refractivity contribution in [3.63, 3.8) is 0 Å². The van der Waals surface area contributed by atoms with Gasteiger partial charge >= 0.3 is 0 Å². The number of carbonyl (C=O) groups excluding carboxylic acids is 1. The van der Waals surface area contributed by atoms with E-state index in [0.717, 1.165) is 29.0 Å². The quantitative estimate of drug-likeness (QED) is 0.552. The molecule has 0 fully saturated rings. The molecule has 1 N–H and O–H groups in total. The molecule has 136 valence electrons. The highest BCUT2D eigenvalue weighted by Gasteiger charge is 2.06. The van der Waals surface area contributed by atoms with Gasteiger partial charge in [-0.25, -0.2) is 9.67 Å². The first-order valence-electron chi connectivity index (χ1n) is 9.06. The van der Waals surface area contributed by atoms with Crippen molar-refractivity contribution in [1.82, 2.24) is 24.5 Å². The first-order valence-corrected chi connectivity index (χ1v) is 9.06. The van der Waals surface area contributed by atoms with Crippen LogP contribution in [-0.4, -0.2) is 31.6 Å². The standard InChI is InChI=1S/C21H21N5O/c27-21(22-12-11-18-16-25-13-5-4-8-20(25)24-18)10-9-17-14-23-26(15-17)19-6-2-1-3-7-19/h1-8,13-16H,9-12H2,(H,22,27). The lowest BCUT2D eigenvalue weighted by Crippen LogP contribution is -2.25. The molecule has 0 radical (unpaired) electrons. The molecule has 0 unspecified atom stereocenters. The minimum atomic E-state index is 0.0474. The van der Waals surface area contributed by atoms with Crippen LogP contribution in [0.2, 0.25) is 0 Å². The molecular weight excluding hydrogens is 338 g/mol. The third kappa shape index (κ3) is 4.23. The van der Waals surface area contributed by atoms with Gasteiger partial charge in [-0.3, -0.25) is 4.79 Å². The zero-order valence-electron chi connectivity index (χ0n) is 15.0. The number of imidazole rings is 1. The van der Waals surface area contributed by atoms with E-state index >= 15 is 0 Å². The molecular formula is C21H21N5O. The second-order valence-electron chi connectivity index (χ2n) is 6.43. The van der Waals surface area contributed by atoms with Crippen LogP contribution in [0.15, 0.2) is 73.3 Å². The Labute approximate surface area is 157 Å². The maximum absolute atomic E-state index is 12.1. The number of benzene rings is 1. The summed E-state index contributed by atoms with van der Waals surface area (Å²) in [4.78, 5) is 16.6. The van der Waals surface area contributed by atoms with E-state index in [2.05, 4.69) is 15.4 Å². The number of hydrogen-bond acceptors (Lipinski definition) is 3. The van der Waals surface area contributed by atoms with Crippen molar-refractivity contribution in [2.24, 2.45) is 0 Å². The first-order chi connectivity index (χ1) is 13.3. The Balaban J connectivity index is 1.23. The number of hydrogen-bond donors (Lipinski definition) is 1. The van der Waals surface area contributed by atoms with E-state index in [1.54, 1.807) is 0 Å². The molecule has 0 saturated heterocycles. The van der Waals surface area contributed by atoms with Gasteiger partial charge in [-0.2, -0.15) is 5.10 Å². The Morgan fingerprint density at radius 3 is 2.70 bits per heavy atom. The molecule has 4 rings (SSSR count). The molecule has 0 aliphatic rings. The van der Waals surface area contributed by atoms with E-state index in [1.807, 2.05) is 82.4 Å². The first kappa shape index (κ1) is 17.0. The smallest absolute Gasteiger partial charge is 0.220 e. The minimum Gasteiger partial charge on any atom is -0.356 e. The van der Waals surface area contributed by atoms with Crippen LogP contribution in [0.5, 0.6) is 0 Å². The van der Waals surface area contributed by atoms with Crippen LogP contribution in [-0.2, 0) is 17.6 Å². The van der Waals surface area contributed by atoms with E-state index in [0.29, 0.717) is 19.4 Å². The molecule has 3 heterocycles. The molecule has 1 aromatic carbocycles. The molecule has 0 spiro atoms. The fourth-order valence-electron chi connectivity index (χ4n) is 3.00. The summed E-state index contributed by atoms with van der Waals surface area (Å²) >= 11 is 0.